The number of benzene rings is 1. The van der Waals surface area contributed by atoms with Crippen molar-refractivity contribution >= 4 is 33.2 Å². The van der Waals surface area contributed by atoms with Gasteiger partial charge in [0, 0.05) is 30.1 Å². The van der Waals surface area contributed by atoms with Gasteiger partial charge in [0.2, 0.25) is 10.0 Å². The van der Waals surface area contributed by atoms with E-state index >= 15 is 0 Å². The molecule has 1 rings (SSSR count). The second-order valence-corrected chi connectivity index (χ2v) is 6.26. The third kappa shape index (κ3) is 3.58. The molecule has 0 aliphatic rings. The van der Waals surface area contributed by atoms with Gasteiger partial charge >= 0.3 is 0 Å². The molecular formula is C10H10Cl2N2O2S. The molecule has 0 saturated carbocycles. The van der Waals surface area contributed by atoms with E-state index in [0.717, 1.165) is 4.31 Å². The number of nitriles is 1. The molecule has 92 valence electrons. The SMILES string of the molecule is CN(CCC#N)S(=O)(=O)c1cc(Cl)cc(Cl)c1. The first kappa shape index (κ1) is 14.3. The second-order valence-electron chi connectivity index (χ2n) is 3.34. The Hall–Kier alpha value is -0.800. The highest BCUT2D eigenvalue weighted by Gasteiger charge is 2.21. The first-order chi connectivity index (χ1) is 7.87. The molecule has 4 nitrogen and oxygen atoms in total. The topological polar surface area (TPSA) is 61.2 Å². The zero-order valence-electron chi connectivity index (χ0n) is 9.02. The summed E-state index contributed by atoms with van der Waals surface area (Å²) >= 11 is 11.5. The van der Waals surface area contributed by atoms with E-state index in [9.17, 15) is 8.42 Å². The number of halogens is 2. The van der Waals surface area contributed by atoms with Crippen molar-refractivity contribution in [2.45, 2.75) is 11.3 Å². The van der Waals surface area contributed by atoms with Gasteiger partial charge in [-0.15, -0.1) is 0 Å². The first-order valence-corrected chi connectivity index (χ1v) is 6.87. The minimum atomic E-state index is -3.64. The summed E-state index contributed by atoms with van der Waals surface area (Å²) in [5.41, 5.74) is 0. The Labute approximate surface area is 110 Å². The summed E-state index contributed by atoms with van der Waals surface area (Å²) in [6.45, 7) is 0.128. The zero-order chi connectivity index (χ0) is 13.1. The lowest BCUT2D eigenvalue weighted by Gasteiger charge is -2.15. The molecular weight excluding hydrogens is 283 g/mol. The van der Waals surface area contributed by atoms with Crippen LogP contribution in [0.25, 0.3) is 0 Å². The molecule has 17 heavy (non-hydrogen) atoms. The molecule has 0 unspecified atom stereocenters. The summed E-state index contributed by atoms with van der Waals surface area (Å²) < 4.78 is 25.2. The highest BCUT2D eigenvalue weighted by molar-refractivity contribution is 7.89. The van der Waals surface area contributed by atoms with Crippen molar-refractivity contribution in [1.29, 1.82) is 5.26 Å². The molecule has 1 aromatic carbocycles. The Morgan fingerprint density at radius 3 is 2.29 bits per heavy atom. The van der Waals surface area contributed by atoms with Crippen LogP contribution in [0.1, 0.15) is 6.42 Å². The Morgan fingerprint density at radius 1 is 1.29 bits per heavy atom. The van der Waals surface area contributed by atoms with Crippen LogP contribution in [0.3, 0.4) is 0 Å². The summed E-state index contributed by atoms with van der Waals surface area (Å²) in [7, 11) is -2.24. The highest BCUT2D eigenvalue weighted by atomic mass is 35.5. The molecule has 0 fully saturated rings. The molecule has 0 aromatic heterocycles. The Kier molecular flexibility index (Phi) is 4.78. The monoisotopic (exact) mass is 292 g/mol. The molecule has 0 bridgehead atoms. The van der Waals surface area contributed by atoms with Crippen LogP contribution in [0.15, 0.2) is 23.1 Å². The van der Waals surface area contributed by atoms with Crippen LogP contribution in [-0.2, 0) is 10.0 Å². The summed E-state index contributed by atoms with van der Waals surface area (Å²) in [5.74, 6) is 0. The lowest BCUT2D eigenvalue weighted by atomic mass is 10.4. The Morgan fingerprint density at radius 2 is 1.82 bits per heavy atom. The van der Waals surface area contributed by atoms with Gasteiger partial charge in [-0.3, -0.25) is 0 Å². The molecule has 0 saturated heterocycles. The fourth-order valence-electron chi connectivity index (χ4n) is 1.19. The van der Waals surface area contributed by atoms with Crippen LogP contribution in [0.4, 0.5) is 0 Å². The van der Waals surface area contributed by atoms with Gasteiger partial charge < -0.3 is 0 Å². The normalized spacial score (nSPS) is 11.5. The van der Waals surface area contributed by atoms with Gasteiger partial charge in [0.15, 0.2) is 0 Å². The fraction of sp³-hybridized carbons (Fsp3) is 0.300. The number of hydrogen-bond donors (Lipinski definition) is 0. The first-order valence-electron chi connectivity index (χ1n) is 4.67. The van der Waals surface area contributed by atoms with Gasteiger partial charge in [0.25, 0.3) is 0 Å². The van der Waals surface area contributed by atoms with Crippen LogP contribution in [0, 0.1) is 11.3 Å². The van der Waals surface area contributed by atoms with Crippen LogP contribution >= 0.6 is 23.2 Å². The summed E-state index contributed by atoms with van der Waals surface area (Å²) in [6, 6.07) is 5.99. The highest BCUT2D eigenvalue weighted by Crippen LogP contribution is 2.24. The van der Waals surface area contributed by atoms with E-state index in [1.165, 1.54) is 25.2 Å². The molecule has 7 heteroatoms. The lowest BCUT2D eigenvalue weighted by molar-refractivity contribution is 0.476. The van der Waals surface area contributed by atoms with Crippen molar-refractivity contribution in [1.82, 2.24) is 4.31 Å². The van der Waals surface area contributed by atoms with E-state index in [1.807, 2.05) is 6.07 Å². The average molecular weight is 293 g/mol. The quantitative estimate of drug-likeness (QED) is 0.857. The van der Waals surface area contributed by atoms with Crippen molar-refractivity contribution < 1.29 is 8.42 Å². The van der Waals surface area contributed by atoms with E-state index in [-0.39, 0.29) is 27.9 Å². The van der Waals surface area contributed by atoms with Gasteiger partial charge in [-0.2, -0.15) is 9.57 Å². The third-order valence-electron chi connectivity index (χ3n) is 2.08. The largest absolute Gasteiger partial charge is 0.242 e. The van der Waals surface area contributed by atoms with Crippen LogP contribution < -0.4 is 0 Å². The predicted octanol–water partition coefficient (Wildman–Crippen LogP) is 2.53. The maximum Gasteiger partial charge on any atom is 0.242 e. The van der Waals surface area contributed by atoms with E-state index in [4.69, 9.17) is 28.5 Å². The van der Waals surface area contributed by atoms with Crippen molar-refractivity contribution in [2.75, 3.05) is 13.6 Å². The fourth-order valence-corrected chi connectivity index (χ4v) is 3.08. The van der Waals surface area contributed by atoms with E-state index < -0.39 is 10.0 Å². The summed E-state index contributed by atoms with van der Waals surface area (Å²) in [6.07, 6.45) is 0.129. The number of rotatable bonds is 4. The van der Waals surface area contributed by atoms with E-state index in [0.29, 0.717) is 0 Å². The van der Waals surface area contributed by atoms with Crippen LogP contribution in [0.5, 0.6) is 0 Å². The maximum absolute atomic E-state index is 12.0. The van der Waals surface area contributed by atoms with E-state index in [2.05, 4.69) is 0 Å². The smallest absolute Gasteiger partial charge is 0.207 e. The van der Waals surface area contributed by atoms with Crippen molar-refractivity contribution in [3.8, 4) is 6.07 Å². The maximum atomic E-state index is 12.0. The second kappa shape index (κ2) is 5.69. The molecule has 0 atom stereocenters. The van der Waals surface area contributed by atoms with Gasteiger partial charge in [-0.1, -0.05) is 23.2 Å². The van der Waals surface area contributed by atoms with Gasteiger partial charge in [0.05, 0.1) is 11.0 Å². The molecule has 0 radical (unpaired) electrons. The third-order valence-corrected chi connectivity index (χ3v) is 4.35. The van der Waals surface area contributed by atoms with Gasteiger partial charge in [0.1, 0.15) is 0 Å². The van der Waals surface area contributed by atoms with Crippen molar-refractivity contribution in [3.05, 3.63) is 28.2 Å². The molecule has 0 amide bonds. The Bertz CT molecular complexity index is 532. The van der Waals surface area contributed by atoms with Crippen LogP contribution in [-0.4, -0.2) is 26.3 Å². The predicted molar refractivity (Wildman–Crippen MR) is 66.5 cm³/mol. The van der Waals surface area contributed by atoms with E-state index in [1.54, 1.807) is 0 Å². The molecule has 0 aliphatic heterocycles. The van der Waals surface area contributed by atoms with Gasteiger partial charge in [-0.25, -0.2) is 8.42 Å². The van der Waals surface area contributed by atoms with Crippen molar-refractivity contribution in [2.24, 2.45) is 0 Å². The number of nitrogens with zero attached hydrogens (tertiary/aromatic N) is 2. The lowest BCUT2D eigenvalue weighted by Crippen LogP contribution is -2.27. The molecule has 0 N–H and O–H groups in total. The molecule has 1 aromatic rings. The minimum Gasteiger partial charge on any atom is -0.207 e. The summed E-state index contributed by atoms with van der Waals surface area (Å²) in [5, 5.41) is 8.93. The summed E-state index contributed by atoms with van der Waals surface area (Å²) in [4.78, 5) is 0.0236. The van der Waals surface area contributed by atoms with Crippen LogP contribution in [0.2, 0.25) is 10.0 Å². The van der Waals surface area contributed by atoms with Gasteiger partial charge in [-0.05, 0) is 18.2 Å². The van der Waals surface area contributed by atoms with Crippen molar-refractivity contribution in [3.63, 3.8) is 0 Å². The zero-order valence-corrected chi connectivity index (χ0v) is 11.3. The number of sulfonamides is 1. The molecule has 0 aliphatic carbocycles. The Balaban J connectivity index is 3.09. The molecule has 0 heterocycles. The standard InChI is InChI=1S/C10H10Cl2N2O2S/c1-14(4-2-3-13)17(15,16)10-6-8(11)5-9(12)7-10/h5-7H,2,4H2,1H3. The minimum absolute atomic E-state index is 0.0236. The number of hydrogen-bond acceptors (Lipinski definition) is 3. The molecule has 0 spiro atoms. The average Bonchev–Trinajstić information content (AvgIpc) is 2.24.